The summed E-state index contributed by atoms with van der Waals surface area (Å²) >= 11 is 0. The number of benzene rings is 2. The molecule has 1 fully saturated rings. The van der Waals surface area contributed by atoms with E-state index in [1.165, 1.54) is 0 Å². The van der Waals surface area contributed by atoms with E-state index in [1.807, 2.05) is 0 Å². The van der Waals surface area contributed by atoms with Crippen LogP contribution in [0.15, 0.2) is 41.2 Å². The van der Waals surface area contributed by atoms with E-state index in [0.29, 0.717) is 51.6 Å². The minimum Gasteiger partial charge on any atom is -0.492 e. The maximum Gasteiger partial charge on any atom is 0.314 e. The Balaban J connectivity index is 1.56. The van der Waals surface area contributed by atoms with Crippen LogP contribution < -0.4 is 10.2 Å². The van der Waals surface area contributed by atoms with Gasteiger partial charge in [0.15, 0.2) is 0 Å². The molecule has 0 aliphatic heterocycles. The van der Waals surface area contributed by atoms with Crippen LogP contribution in [0.2, 0.25) is 0 Å². The van der Waals surface area contributed by atoms with Gasteiger partial charge in [-0.15, -0.1) is 0 Å². The number of aromatic amines is 1. The van der Waals surface area contributed by atoms with Crippen molar-refractivity contribution in [3.63, 3.8) is 0 Å². The van der Waals surface area contributed by atoms with Crippen molar-refractivity contribution in [1.82, 2.24) is 24.6 Å². The SMILES string of the molecule is CN(C)CC(C(=O)O)c1nn(Cc2nc3cc(OCC4CC4)c(C#N)cc3[nH]2)c2ccccc2c1=O. The molecule has 1 aliphatic carbocycles. The van der Waals surface area contributed by atoms with Crippen molar-refractivity contribution in [3.05, 3.63) is 63.7 Å². The van der Waals surface area contributed by atoms with Gasteiger partial charge in [-0.2, -0.15) is 10.4 Å². The zero-order chi connectivity index (χ0) is 25.4. The van der Waals surface area contributed by atoms with Crippen LogP contribution in [0.1, 0.15) is 35.8 Å². The molecule has 0 bridgehead atoms. The first-order valence-electron chi connectivity index (χ1n) is 11.8. The summed E-state index contributed by atoms with van der Waals surface area (Å²) in [7, 11) is 3.50. The van der Waals surface area contributed by atoms with E-state index in [0.717, 1.165) is 12.8 Å². The Morgan fingerprint density at radius 3 is 2.81 bits per heavy atom. The summed E-state index contributed by atoms with van der Waals surface area (Å²) in [6.07, 6.45) is 2.30. The molecule has 0 spiro atoms. The van der Waals surface area contributed by atoms with E-state index < -0.39 is 17.3 Å². The van der Waals surface area contributed by atoms with Crippen LogP contribution in [-0.4, -0.2) is 63.0 Å². The third-order valence-corrected chi connectivity index (χ3v) is 6.29. The maximum atomic E-state index is 13.2. The Morgan fingerprint density at radius 2 is 2.11 bits per heavy atom. The molecule has 1 saturated carbocycles. The van der Waals surface area contributed by atoms with Crippen molar-refractivity contribution in [2.24, 2.45) is 5.92 Å². The molecule has 1 unspecified atom stereocenters. The van der Waals surface area contributed by atoms with Crippen molar-refractivity contribution in [2.45, 2.75) is 25.3 Å². The second kappa shape index (κ2) is 9.43. The smallest absolute Gasteiger partial charge is 0.314 e. The van der Waals surface area contributed by atoms with Crippen LogP contribution in [0.4, 0.5) is 0 Å². The maximum absolute atomic E-state index is 13.2. The van der Waals surface area contributed by atoms with E-state index in [4.69, 9.17) is 4.74 Å². The monoisotopic (exact) mass is 486 g/mol. The largest absolute Gasteiger partial charge is 0.492 e. The minimum atomic E-state index is -1.11. The minimum absolute atomic E-state index is 0.0199. The first-order chi connectivity index (χ1) is 17.3. The van der Waals surface area contributed by atoms with Gasteiger partial charge in [0, 0.05) is 18.0 Å². The highest BCUT2D eigenvalue weighted by molar-refractivity contribution is 5.82. The average Bonchev–Trinajstić information content (AvgIpc) is 3.60. The van der Waals surface area contributed by atoms with Crippen molar-refractivity contribution in [1.29, 1.82) is 5.26 Å². The number of para-hydroxylation sites is 1. The lowest BCUT2D eigenvalue weighted by Gasteiger charge is -2.18. The number of nitrogens with zero attached hydrogens (tertiary/aromatic N) is 5. The molecule has 4 aromatic rings. The number of likely N-dealkylation sites (N-methyl/N-ethyl adjacent to an activating group) is 1. The summed E-state index contributed by atoms with van der Waals surface area (Å²) in [5, 5.41) is 24.3. The molecule has 2 aromatic carbocycles. The first kappa shape index (κ1) is 23.5. The fraction of sp³-hybridized carbons (Fsp3) is 0.346. The highest BCUT2D eigenvalue weighted by Crippen LogP contribution is 2.31. The van der Waals surface area contributed by atoms with E-state index in [-0.39, 0.29) is 18.8 Å². The van der Waals surface area contributed by atoms with Crippen LogP contribution in [0, 0.1) is 17.2 Å². The molecule has 10 nitrogen and oxygen atoms in total. The van der Waals surface area contributed by atoms with Crippen molar-refractivity contribution in [3.8, 4) is 11.8 Å². The molecule has 2 aromatic heterocycles. The fourth-order valence-electron chi connectivity index (χ4n) is 4.26. The predicted molar refractivity (Wildman–Crippen MR) is 133 cm³/mol. The van der Waals surface area contributed by atoms with Gasteiger partial charge in [0.2, 0.25) is 5.43 Å². The Morgan fingerprint density at radius 1 is 1.33 bits per heavy atom. The van der Waals surface area contributed by atoms with E-state index >= 15 is 0 Å². The van der Waals surface area contributed by atoms with Crippen LogP contribution in [0.5, 0.6) is 5.75 Å². The Kier molecular flexibility index (Phi) is 6.16. The zero-order valence-corrected chi connectivity index (χ0v) is 20.1. The van der Waals surface area contributed by atoms with Gasteiger partial charge >= 0.3 is 5.97 Å². The van der Waals surface area contributed by atoms with Gasteiger partial charge in [-0.1, -0.05) is 12.1 Å². The normalized spacial score (nSPS) is 14.3. The Labute approximate surface area is 206 Å². The van der Waals surface area contributed by atoms with Gasteiger partial charge in [-0.25, -0.2) is 4.98 Å². The van der Waals surface area contributed by atoms with E-state index in [2.05, 4.69) is 21.1 Å². The molecular weight excluding hydrogens is 460 g/mol. The number of fused-ring (bicyclic) bond motifs is 2. The molecule has 0 radical (unpaired) electrons. The summed E-state index contributed by atoms with van der Waals surface area (Å²) in [6.45, 7) is 0.906. The predicted octanol–water partition coefficient (Wildman–Crippen LogP) is 2.71. The second-order valence-electron chi connectivity index (χ2n) is 9.46. The van der Waals surface area contributed by atoms with Gasteiger partial charge in [0.1, 0.15) is 29.3 Å². The third-order valence-electron chi connectivity index (χ3n) is 6.29. The third kappa shape index (κ3) is 4.65. The Bertz CT molecular complexity index is 1560. The molecule has 10 heteroatoms. The molecular formula is C26H26N6O4. The zero-order valence-electron chi connectivity index (χ0n) is 20.1. The number of carbonyl (C=O) groups is 1. The number of H-pyrrole nitrogens is 1. The number of carboxylic acid groups (broad SMARTS) is 1. The number of carboxylic acids is 1. The van der Waals surface area contributed by atoms with Crippen molar-refractivity contribution in [2.75, 3.05) is 27.2 Å². The molecule has 1 aliphatic rings. The van der Waals surface area contributed by atoms with Gasteiger partial charge in [0.05, 0.1) is 35.3 Å². The van der Waals surface area contributed by atoms with Crippen LogP contribution >= 0.6 is 0 Å². The van der Waals surface area contributed by atoms with Gasteiger partial charge < -0.3 is 19.7 Å². The number of aliphatic carboxylic acids is 1. The summed E-state index contributed by atoms with van der Waals surface area (Å²) < 4.78 is 7.47. The number of imidazole rings is 1. The number of aromatic nitrogens is 4. The summed E-state index contributed by atoms with van der Waals surface area (Å²) in [6, 6.07) is 12.7. The van der Waals surface area contributed by atoms with Crippen LogP contribution in [0.25, 0.3) is 21.9 Å². The number of rotatable bonds is 9. The van der Waals surface area contributed by atoms with E-state index in [9.17, 15) is 20.0 Å². The van der Waals surface area contributed by atoms with Crippen molar-refractivity contribution < 1.29 is 14.6 Å². The standard InChI is InChI=1S/C26H26N6O4/c1-31(2)12-18(26(34)35)24-25(33)17-5-3-4-6-21(17)32(30-24)13-23-28-19-9-16(11-27)22(10-20(19)29-23)36-14-15-7-8-15/h3-6,9-10,15,18H,7-8,12-14H2,1-2H3,(H,28,29)(H,34,35). The van der Waals surface area contributed by atoms with Gasteiger partial charge in [0.25, 0.3) is 0 Å². The van der Waals surface area contributed by atoms with Gasteiger partial charge in [-0.05, 0) is 51.1 Å². The molecule has 36 heavy (non-hydrogen) atoms. The lowest BCUT2D eigenvalue weighted by Crippen LogP contribution is -2.32. The molecule has 2 N–H and O–H groups in total. The average molecular weight is 487 g/mol. The lowest BCUT2D eigenvalue weighted by atomic mass is 10.0. The molecule has 0 amide bonds. The first-order valence-corrected chi connectivity index (χ1v) is 11.8. The number of hydrogen-bond donors (Lipinski definition) is 2. The molecule has 2 heterocycles. The van der Waals surface area contributed by atoms with Gasteiger partial charge in [-0.3, -0.25) is 14.3 Å². The topological polar surface area (TPSA) is 137 Å². The summed E-state index contributed by atoms with van der Waals surface area (Å²) in [5.41, 5.74) is 1.93. The lowest BCUT2D eigenvalue weighted by molar-refractivity contribution is -0.139. The second-order valence-corrected chi connectivity index (χ2v) is 9.46. The molecule has 5 rings (SSSR count). The molecule has 0 saturated heterocycles. The number of nitrogens with one attached hydrogen (secondary N) is 1. The quantitative estimate of drug-likeness (QED) is 0.368. The van der Waals surface area contributed by atoms with Crippen LogP contribution in [-0.2, 0) is 11.3 Å². The highest BCUT2D eigenvalue weighted by atomic mass is 16.5. The molecule has 184 valence electrons. The summed E-state index contributed by atoms with van der Waals surface area (Å²) in [4.78, 5) is 34.8. The molecule has 1 atom stereocenters. The Hall–Kier alpha value is -4.23. The number of hydrogen-bond acceptors (Lipinski definition) is 7. The highest BCUT2D eigenvalue weighted by Gasteiger charge is 2.27. The van der Waals surface area contributed by atoms with Crippen LogP contribution in [0.3, 0.4) is 0 Å². The fourth-order valence-corrected chi connectivity index (χ4v) is 4.26. The van der Waals surface area contributed by atoms with E-state index in [1.54, 1.807) is 60.1 Å². The van der Waals surface area contributed by atoms with Crippen molar-refractivity contribution >= 4 is 27.9 Å². The number of ether oxygens (including phenoxy) is 1. The number of nitriles is 1. The summed E-state index contributed by atoms with van der Waals surface area (Å²) in [5.74, 6) is -0.569.